The van der Waals surface area contributed by atoms with E-state index in [-0.39, 0.29) is 11.6 Å². The zero-order valence-corrected chi connectivity index (χ0v) is 17.3. The van der Waals surface area contributed by atoms with Crippen molar-refractivity contribution >= 4 is 11.6 Å². The van der Waals surface area contributed by atoms with Gasteiger partial charge in [-0.1, -0.05) is 26.0 Å². The van der Waals surface area contributed by atoms with Crippen molar-refractivity contribution in [1.29, 1.82) is 0 Å². The Balaban J connectivity index is 2.14. The summed E-state index contributed by atoms with van der Waals surface area (Å²) in [4.78, 5) is 27.6. The Kier molecular flexibility index (Phi) is 8.61. The van der Waals surface area contributed by atoms with E-state index in [2.05, 4.69) is 18.7 Å². The number of hydrogen-bond acceptors (Lipinski definition) is 5. The molecule has 29 heavy (non-hydrogen) atoms. The Bertz CT molecular complexity index is 787. The molecule has 0 saturated heterocycles. The zero-order valence-electron chi connectivity index (χ0n) is 17.3. The van der Waals surface area contributed by atoms with E-state index < -0.39 is 4.92 Å². The maximum absolute atomic E-state index is 13.1. The fraction of sp³-hybridized carbons (Fsp3) is 0.409. The molecule has 0 aliphatic rings. The first-order valence-corrected chi connectivity index (χ1v) is 9.87. The molecule has 7 heteroatoms. The molecule has 7 nitrogen and oxygen atoms in total. The van der Waals surface area contributed by atoms with Crippen LogP contribution in [0.1, 0.15) is 36.2 Å². The molecule has 0 atom stereocenters. The average Bonchev–Trinajstić information content (AvgIpc) is 2.76. The van der Waals surface area contributed by atoms with Crippen molar-refractivity contribution in [1.82, 2.24) is 9.80 Å². The fourth-order valence-corrected chi connectivity index (χ4v) is 3.14. The van der Waals surface area contributed by atoms with E-state index in [9.17, 15) is 14.9 Å². The average molecular weight is 399 g/mol. The van der Waals surface area contributed by atoms with Gasteiger partial charge in [-0.25, -0.2) is 0 Å². The molecule has 2 rings (SSSR count). The molecule has 0 radical (unpaired) electrons. The molecular formula is C22H29N3O4. The summed E-state index contributed by atoms with van der Waals surface area (Å²) in [5.74, 6) is 0.638. The van der Waals surface area contributed by atoms with E-state index in [4.69, 9.17) is 4.74 Å². The minimum Gasteiger partial charge on any atom is -0.497 e. The van der Waals surface area contributed by atoms with Crippen LogP contribution in [0.15, 0.2) is 48.5 Å². The second kappa shape index (κ2) is 11.2. The largest absolute Gasteiger partial charge is 0.497 e. The molecule has 0 saturated carbocycles. The van der Waals surface area contributed by atoms with Crippen molar-refractivity contribution in [3.05, 3.63) is 69.8 Å². The van der Waals surface area contributed by atoms with Gasteiger partial charge in [0, 0.05) is 30.8 Å². The van der Waals surface area contributed by atoms with Crippen LogP contribution in [0.4, 0.5) is 5.69 Å². The molecule has 0 aliphatic heterocycles. The van der Waals surface area contributed by atoms with Gasteiger partial charge < -0.3 is 14.5 Å². The number of rotatable bonds is 11. The summed E-state index contributed by atoms with van der Waals surface area (Å²) in [6.07, 6.45) is 0.858. The lowest BCUT2D eigenvalue weighted by molar-refractivity contribution is -0.384. The van der Waals surface area contributed by atoms with Crippen molar-refractivity contribution in [2.75, 3.05) is 33.3 Å². The van der Waals surface area contributed by atoms with Crippen LogP contribution in [0.5, 0.6) is 5.75 Å². The van der Waals surface area contributed by atoms with Crippen molar-refractivity contribution in [3.63, 3.8) is 0 Å². The standard InChI is InChI=1S/C22H29N3O4/c1-4-23(5-2)15-6-16-24(17-18-7-13-21(29-3)14-8-18)22(26)19-9-11-20(12-10-19)25(27)28/h7-14H,4-6,15-17H2,1-3H3. The van der Waals surface area contributed by atoms with Crippen LogP contribution in [-0.2, 0) is 6.54 Å². The third kappa shape index (κ3) is 6.57. The molecule has 0 heterocycles. The summed E-state index contributed by atoms with van der Waals surface area (Å²) in [5.41, 5.74) is 1.43. The topological polar surface area (TPSA) is 75.9 Å². The van der Waals surface area contributed by atoms with Gasteiger partial charge in [-0.2, -0.15) is 0 Å². The minimum atomic E-state index is -0.465. The molecule has 0 unspecified atom stereocenters. The first-order valence-electron chi connectivity index (χ1n) is 9.87. The minimum absolute atomic E-state index is 0.0233. The second-order valence-corrected chi connectivity index (χ2v) is 6.76. The number of nitro benzene ring substituents is 1. The molecule has 0 N–H and O–H groups in total. The Morgan fingerprint density at radius 1 is 1.00 bits per heavy atom. The molecular weight excluding hydrogens is 370 g/mol. The highest BCUT2D eigenvalue weighted by atomic mass is 16.6. The number of carbonyl (C=O) groups is 1. The normalized spacial score (nSPS) is 10.8. The molecule has 2 aromatic carbocycles. The summed E-state index contributed by atoms with van der Waals surface area (Å²) in [7, 11) is 1.62. The SMILES string of the molecule is CCN(CC)CCCN(Cc1ccc(OC)cc1)C(=O)c1ccc([N+](=O)[O-])cc1. The van der Waals surface area contributed by atoms with Gasteiger partial charge in [-0.3, -0.25) is 14.9 Å². The maximum Gasteiger partial charge on any atom is 0.269 e. The van der Waals surface area contributed by atoms with Crippen LogP contribution in [-0.4, -0.2) is 53.9 Å². The number of methoxy groups -OCH3 is 1. The highest BCUT2D eigenvalue weighted by Crippen LogP contribution is 2.17. The maximum atomic E-state index is 13.1. The number of amides is 1. The van der Waals surface area contributed by atoms with Gasteiger partial charge in [-0.05, 0) is 55.9 Å². The van der Waals surface area contributed by atoms with Crippen molar-refractivity contribution in [3.8, 4) is 5.75 Å². The summed E-state index contributed by atoms with van der Waals surface area (Å²) in [6, 6.07) is 13.4. The van der Waals surface area contributed by atoms with Gasteiger partial charge >= 0.3 is 0 Å². The summed E-state index contributed by atoms with van der Waals surface area (Å²) in [6.45, 7) is 8.20. The van der Waals surface area contributed by atoms with Gasteiger partial charge in [0.25, 0.3) is 11.6 Å². The van der Waals surface area contributed by atoms with Gasteiger partial charge in [0.1, 0.15) is 5.75 Å². The second-order valence-electron chi connectivity index (χ2n) is 6.76. The van der Waals surface area contributed by atoms with Gasteiger partial charge in [-0.15, -0.1) is 0 Å². The van der Waals surface area contributed by atoms with Crippen LogP contribution in [0.3, 0.4) is 0 Å². The van der Waals surface area contributed by atoms with E-state index in [1.54, 1.807) is 12.0 Å². The molecule has 1 amide bonds. The van der Waals surface area contributed by atoms with Crippen LogP contribution in [0, 0.1) is 10.1 Å². The van der Waals surface area contributed by atoms with E-state index in [1.807, 2.05) is 24.3 Å². The van der Waals surface area contributed by atoms with Crippen LogP contribution in [0.2, 0.25) is 0 Å². The number of ether oxygens (including phenoxy) is 1. The van der Waals surface area contributed by atoms with Crippen LogP contribution >= 0.6 is 0 Å². The highest BCUT2D eigenvalue weighted by Gasteiger charge is 2.18. The van der Waals surface area contributed by atoms with E-state index >= 15 is 0 Å². The Hall–Kier alpha value is -2.93. The van der Waals surface area contributed by atoms with Crippen LogP contribution < -0.4 is 4.74 Å². The van der Waals surface area contributed by atoms with E-state index in [0.29, 0.717) is 18.7 Å². The van der Waals surface area contributed by atoms with Crippen molar-refractivity contribution < 1.29 is 14.5 Å². The first kappa shape index (κ1) is 22.4. The van der Waals surface area contributed by atoms with E-state index in [1.165, 1.54) is 24.3 Å². The molecule has 0 aromatic heterocycles. The monoisotopic (exact) mass is 399 g/mol. The molecule has 0 spiro atoms. The van der Waals surface area contributed by atoms with E-state index in [0.717, 1.165) is 37.4 Å². The molecule has 0 aliphatic carbocycles. The van der Waals surface area contributed by atoms with Crippen molar-refractivity contribution in [2.45, 2.75) is 26.8 Å². The van der Waals surface area contributed by atoms with Gasteiger partial charge in [0.2, 0.25) is 0 Å². The third-order valence-electron chi connectivity index (χ3n) is 4.94. The van der Waals surface area contributed by atoms with Gasteiger partial charge in [0.15, 0.2) is 0 Å². The lowest BCUT2D eigenvalue weighted by Crippen LogP contribution is -2.34. The van der Waals surface area contributed by atoms with Gasteiger partial charge in [0.05, 0.1) is 12.0 Å². The highest BCUT2D eigenvalue weighted by molar-refractivity contribution is 5.94. The number of benzene rings is 2. The summed E-state index contributed by atoms with van der Waals surface area (Å²) >= 11 is 0. The molecule has 0 bridgehead atoms. The zero-order chi connectivity index (χ0) is 21.2. The number of nitro groups is 1. The quantitative estimate of drug-likeness (QED) is 0.422. The predicted octanol–water partition coefficient (Wildman–Crippen LogP) is 3.98. The first-order chi connectivity index (χ1) is 14.0. The number of non-ortho nitro benzene ring substituents is 1. The van der Waals surface area contributed by atoms with Crippen molar-refractivity contribution in [2.24, 2.45) is 0 Å². The number of hydrogen-bond donors (Lipinski definition) is 0. The number of carbonyl (C=O) groups excluding carboxylic acids is 1. The molecule has 0 fully saturated rings. The molecule has 2 aromatic rings. The predicted molar refractivity (Wildman–Crippen MR) is 113 cm³/mol. The third-order valence-corrected chi connectivity index (χ3v) is 4.94. The molecule has 156 valence electrons. The smallest absolute Gasteiger partial charge is 0.269 e. The summed E-state index contributed by atoms with van der Waals surface area (Å²) < 4.78 is 5.20. The Morgan fingerprint density at radius 2 is 1.62 bits per heavy atom. The lowest BCUT2D eigenvalue weighted by Gasteiger charge is -2.25. The lowest BCUT2D eigenvalue weighted by atomic mass is 10.1. The number of nitrogens with zero attached hydrogens (tertiary/aromatic N) is 3. The Labute approximate surface area is 172 Å². The van der Waals surface area contributed by atoms with Crippen LogP contribution in [0.25, 0.3) is 0 Å². The fourth-order valence-electron chi connectivity index (χ4n) is 3.14. The summed E-state index contributed by atoms with van der Waals surface area (Å²) in [5, 5.41) is 10.9. The Morgan fingerprint density at radius 3 is 2.14 bits per heavy atom.